The van der Waals surface area contributed by atoms with Gasteiger partial charge in [-0.15, -0.1) is 11.3 Å². The normalized spacial score (nSPS) is 10.5. The number of carbonyl (C=O) groups excluding carboxylic acids is 3. The summed E-state index contributed by atoms with van der Waals surface area (Å²) in [7, 11) is 3.40. The molecule has 0 atom stereocenters. The zero-order chi connectivity index (χ0) is 25.5. The predicted molar refractivity (Wildman–Crippen MR) is 144 cm³/mol. The van der Waals surface area contributed by atoms with Gasteiger partial charge >= 0.3 is 0 Å². The Morgan fingerprint density at radius 2 is 1.69 bits per heavy atom. The van der Waals surface area contributed by atoms with E-state index < -0.39 is 0 Å². The van der Waals surface area contributed by atoms with Crippen molar-refractivity contribution in [2.24, 2.45) is 0 Å². The molecule has 0 spiro atoms. The van der Waals surface area contributed by atoms with Crippen LogP contribution in [0.2, 0.25) is 0 Å². The van der Waals surface area contributed by atoms with E-state index in [9.17, 15) is 14.4 Å². The lowest BCUT2D eigenvalue weighted by atomic mass is 10.1. The molecule has 0 fully saturated rings. The number of rotatable bonds is 9. The van der Waals surface area contributed by atoms with Crippen LogP contribution in [0.3, 0.4) is 0 Å². The minimum absolute atomic E-state index is 0.136. The van der Waals surface area contributed by atoms with Crippen molar-refractivity contribution in [3.63, 3.8) is 0 Å². The average Bonchev–Trinajstić information content (AvgIpc) is 3.41. The molecule has 0 radical (unpaired) electrons. The van der Waals surface area contributed by atoms with Gasteiger partial charge in [0.15, 0.2) is 6.29 Å². The maximum absolute atomic E-state index is 12.8. The Morgan fingerprint density at radius 3 is 2.42 bits per heavy atom. The van der Waals surface area contributed by atoms with Crippen molar-refractivity contribution in [1.82, 2.24) is 15.6 Å². The maximum Gasteiger partial charge on any atom is 0.251 e. The summed E-state index contributed by atoms with van der Waals surface area (Å²) in [6.07, 6.45) is 2.59. The van der Waals surface area contributed by atoms with Gasteiger partial charge in [-0.2, -0.15) is 0 Å². The Balaban J connectivity index is 1.41. The fourth-order valence-corrected chi connectivity index (χ4v) is 5.33. The van der Waals surface area contributed by atoms with Crippen LogP contribution in [-0.4, -0.2) is 37.2 Å². The lowest BCUT2D eigenvalue weighted by molar-refractivity contribution is 0.0947. The lowest BCUT2D eigenvalue weighted by Crippen LogP contribution is -2.22. The number of anilines is 1. The highest BCUT2D eigenvalue weighted by Crippen LogP contribution is 2.35. The van der Waals surface area contributed by atoms with Crippen LogP contribution in [0.4, 0.5) is 5.69 Å². The topological polar surface area (TPSA) is 100 Å². The predicted octanol–water partition coefficient (Wildman–Crippen LogP) is 5.11. The van der Waals surface area contributed by atoms with Gasteiger partial charge in [-0.05, 0) is 36.4 Å². The third-order valence-corrected chi connectivity index (χ3v) is 7.59. The molecule has 7 nitrogen and oxygen atoms in total. The second kappa shape index (κ2) is 11.7. The molecule has 1 aromatic heterocycles. The zero-order valence-electron chi connectivity index (χ0n) is 19.7. The fourth-order valence-electron chi connectivity index (χ4n) is 3.45. The molecule has 182 valence electrons. The van der Waals surface area contributed by atoms with E-state index in [1.807, 2.05) is 36.4 Å². The molecule has 0 saturated heterocycles. The summed E-state index contributed by atoms with van der Waals surface area (Å²) in [6, 6.07) is 20.1. The first-order valence-corrected chi connectivity index (χ1v) is 12.7. The van der Waals surface area contributed by atoms with Gasteiger partial charge in [0.05, 0.1) is 6.54 Å². The molecule has 0 aliphatic heterocycles. The Bertz CT molecular complexity index is 1400. The van der Waals surface area contributed by atoms with Crippen LogP contribution in [0.15, 0.2) is 82.7 Å². The molecule has 4 rings (SSSR count). The molecule has 2 amide bonds. The Kier molecular flexibility index (Phi) is 8.14. The smallest absolute Gasteiger partial charge is 0.251 e. The minimum atomic E-state index is -0.193. The first kappa shape index (κ1) is 25.2. The minimum Gasteiger partial charge on any atom is -0.387 e. The SMILES string of the molecule is CNC(=O)c1ccc(-c2ncc(CNC(=O)c3ccc(Sc4ccccc4C=O)c(NC)c3)s2)cc1. The fraction of sp³-hybridized carbons (Fsp3) is 0.111. The van der Waals surface area contributed by atoms with Crippen molar-refractivity contribution < 1.29 is 14.4 Å². The molecular weight excluding hydrogens is 492 g/mol. The van der Waals surface area contributed by atoms with Gasteiger partial charge in [-0.3, -0.25) is 14.4 Å². The first-order chi connectivity index (χ1) is 17.5. The van der Waals surface area contributed by atoms with E-state index in [0.29, 0.717) is 23.2 Å². The molecule has 0 unspecified atom stereocenters. The summed E-state index contributed by atoms with van der Waals surface area (Å²) in [5.41, 5.74) is 3.45. The highest BCUT2D eigenvalue weighted by atomic mass is 32.2. The number of benzene rings is 3. The average molecular weight is 517 g/mol. The Morgan fingerprint density at radius 1 is 0.944 bits per heavy atom. The first-order valence-electron chi connectivity index (χ1n) is 11.1. The molecule has 3 aromatic carbocycles. The van der Waals surface area contributed by atoms with Gasteiger partial charge < -0.3 is 16.0 Å². The van der Waals surface area contributed by atoms with Crippen LogP contribution in [0.5, 0.6) is 0 Å². The number of nitrogens with one attached hydrogen (secondary N) is 3. The van der Waals surface area contributed by atoms with E-state index in [2.05, 4.69) is 20.9 Å². The Labute approximate surface area is 217 Å². The molecule has 9 heteroatoms. The largest absolute Gasteiger partial charge is 0.387 e. The summed E-state index contributed by atoms with van der Waals surface area (Å²) < 4.78 is 0. The number of carbonyl (C=O) groups is 3. The molecule has 3 N–H and O–H groups in total. The number of aromatic nitrogens is 1. The molecule has 0 saturated carbocycles. The molecule has 36 heavy (non-hydrogen) atoms. The second-order valence-electron chi connectivity index (χ2n) is 7.69. The number of thiazole rings is 1. The number of hydrogen-bond donors (Lipinski definition) is 3. The quantitative estimate of drug-likeness (QED) is 0.268. The van der Waals surface area contributed by atoms with Gasteiger partial charge in [0, 0.05) is 62.9 Å². The number of hydrogen-bond acceptors (Lipinski definition) is 7. The van der Waals surface area contributed by atoms with E-state index in [0.717, 1.165) is 37.2 Å². The van der Waals surface area contributed by atoms with Crippen molar-refractivity contribution in [3.8, 4) is 10.6 Å². The lowest BCUT2D eigenvalue weighted by Gasteiger charge is -2.12. The van der Waals surface area contributed by atoms with Crippen molar-refractivity contribution >= 4 is 46.9 Å². The summed E-state index contributed by atoms with van der Waals surface area (Å²) in [6.45, 7) is 0.352. The van der Waals surface area contributed by atoms with Crippen LogP contribution < -0.4 is 16.0 Å². The zero-order valence-corrected chi connectivity index (χ0v) is 21.3. The number of amides is 2. The van der Waals surface area contributed by atoms with Crippen LogP contribution >= 0.6 is 23.1 Å². The van der Waals surface area contributed by atoms with E-state index in [-0.39, 0.29) is 11.8 Å². The number of nitrogens with zero attached hydrogens (tertiary/aromatic N) is 1. The molecule has 1 heterocycles. The van der Waals surface area contributed by atoms with Gasteiger partial charge in [0.25, 0.3) is 11.8 Å². The maximum atomic E-state index is 12.8. The molecule has 4 aromatic rings. The van der Waals surface area contributed by atoms with E-state index in [4.69, 9.17) is 0 Å². The third-order valence-electron chi connectivity index (χ3n) is 5.37. The van der Waals surface area contributed by atoms with Crippen LogP contribution in [-0.2, 0) is 6.54 Å². The van der Waals surface area contributed by atoms with Crippen molar-refractivity contribution in [3.05, 3.63) is 94.5 Å². The summed E-state index contributed by atoms with van der Waals surface area (Å²) >= 11 is 2.96. The standard InChI is InChI=1S/C27H24N4O3S2/c1-28-22-13-19(11-12-24(22)36-23-6-4-3-5-20(23)16-32)26(34)30-14-21-15-31-27(35-21)18-9-7-17(8-10-18)25(33)29-2/h3-13,15-16,28H,14H2,1-2H3,(H,29,33)(H,30,34). The van der Waals surface area contributed by atoms with Gasteiger partial charge in [0.2, 0.25) is 0 Å². The molecule has 0 aliphatic rings. The van der Waals surface area contributed by atoms with Gasteiger partial charge in [-0.1, -0.05) is 42.1 Å². The number of aldehydes is 1. The third kappa shape index (κ3) is 5.81. The monoisotopic (exact) mass is 516 g/mol. The van der Waals surface area contributed by atoms with E-state index in [1.54, 1.807) is 50.6 Å². The molecular formula is C27H24N4O3S2. The summed E-state index contributed by atoms with van der Waals surface area (Å²) in [5, 5.41) is 9.50. The van der Waals surface area contributed by atoms with E-state index in [1.165, 1.54) is 23.1 Å². The Hall–Kier alpha value is -3.95. The van der Waals surface area contributed by atoms with Crippen LogP contribution in [0.1, 0.15) is 36.0 Å². The van der Waals surface area contributed by atoms with Gasteiger partial charge in [-0.25, -0.2) is 4.98 Å². The highest BCUT2D eigenvalue weighted by molar-refractivity contribution is 7.99. The second-order valence-corrected chi connectivity index (χ2v) is 9.89. The molecule has 0 aliphatic carbocycles. The van der Waals surface area contributed by atoms with Crippen molar-refractivity contribution in [2.75, 3.05) is 19.4 Å². The van der Waals surface area contributed by atoms with E-state index >= 15 is 0 Å². The van der Waals surface area contributed by atoms with Crippen LogP contribution in [0.25, 0.3) is 10.6 Å². The van der Waals surface area contributed by atoms with Crippen molar-refractivity contribution in [1.29, 1.82) is 0 Å². The summed E-state index contributed by atoms with van der Waals surface area (Å²) in [4.78, 5) is 43.0. The molecule has 0 bridgehead atoms. The van der Waals surface area contributed by atoms with Crippen molar-refractivity contribution in [2.45, 2.75) is 16.3 Å². The summed E-state index contributed by atoms with van der Waals surface area (Å²) in [5.74, 6) is -0.329. The van der Waals surface area contributed by atoms with Gasteiger partial charge in [0.1, 0.15) is 5.01 Å². The van der Waals surface area contributed by atoms with Crippen LogP contribution in [0, 0.1) is 0 Å². The highest BCUT2D eigenvalue weighted by Gasteiger charge is 2.13.